The molecule has 0 amide bonds. The molecule has 1 aliphatic heterocycles. The number of hydrogen-bond donors (Lipinski definition) is 0. The van der Waals surface area contributed by atoms with Crippen LogP contribution in [0.1, 0.15) is 30.1 Å². The number of carbonyl (C=O) groups excluding carboxylic acids is 1. The Balaban J connectivity index is 2.02. The fourth-order valence-electron chi connectivity index (χ4n) is 1.77. The van der Waals surface area contributed by atoms with E-state index in [0.717, 1.165) is 31.6 Å². The molecule has 1 aromatic rings. The third kappa shape index (κ3) is 3.09. The number of hydrogen-bond acceptors (Lipinski definition) is 3. The smallest absolute Gasteiger partial charge is 0.159 e. The third-order valence-corrected chi connectivity index (χ3v) is 4.04. The second-order valence-corrected chi connectivity index (χ2v) is 5.39. The van der Waals surface area contributed by atoms with Gasteiger partial charge in [0.25, 0.3) is 0 Å². The maximum atomic E-state index is 11.3. The van der Waals surface area contributed by atoms with Crippen molar-refractivity contribution in [2.75, 3.05) is 13.2 Å². The van der Waals surface area contributed by atoms with Crippen LogP contribution in [0.25, 0.3) is 0 Å². The van der Waals surface area contributed by atoms with Gasteiger partial charge in [0.15, 0.2) is 5.78 Å². The van der Waals surface area contributed by atoms with Crippen LogP contribution in [0.3, 0.4) is 0 Å². The number of thioether (sulfide) groups is 1. The van der Waals surface area contributed by atoms with E-state index < -0.39 is 0 Å². The quantitative estimate of drug-likeness (QED) is 0.754. The monoisotopic (exact) mass is 236 g/mol. The second kappa shape index (κ2) is 5.51. The van der Waals surface area contributed by atoms with Crippen molar-refractivity contribution in [2.24, 2.45) is 0 Å². The van der Waals surface area contributed by atoms with Crippen LogP contribution in [0.5, 0.6) is 0 Å². The number of benzene rings is 1. The molecular formula is C13H16O2S. The molecule has 0 bridgehead atoms. The van der Waals surface area contributed by atoms with Crippen LogP contribution in [-0.2, 0) is 4.74 Å². The van der Waals surface area contributed by atoms with Crippen LogP contribution in [0, 0.1) is 0 Å². The van der Waals surface area contributed by atoms with E-state index in [0.29, 0.717) is 5.25 Å². The Bertz CT molecular complexity index is 370. The van der Waals surface area contributed by atoms with Gasteiger partial charge in [0.2, 0.25) is 0 Å². The average molecular weight is 236 g/mol. The molecule has 0 unspecified atom stereocenters. The molecule has 1 aromatic carbocycles. The van der Waals surface area contributed by atoms with Crippen LogP contribution in [0.15, 0.2) is 29.2 Å². The van der Waals surface area contributed by atoms with Crippen molar-refractivity contribution >= 4 is 17.5 Å². The van der Waals surface area contributed by atoms with Crippen LogP contribution >= 0.6 is 11.8 Å². The normalized spacial score (nSPS) is 17.3. The maximum absolute atomic E-state index is 11.3. The Hall–Kier alpha value is -0.800. The molecule has 0 aliphatic carbocycles. The predicted molar refractivity (Wildman–Crippen MR) is 66.1 cm³/mol. The summed E-state index contributed by atoms with van der Waals surface area (Å²) < 4.78 is 5.33. The molecule has 3 heteroatoms. The molecule has 1 aliphatic rings. The lowest BCUT2D eigenvalue weighted by Crippen LogP contribution is -2.17. The van der Waals surface area contributed by atoms with Crippen molar-refractivity contribution < 1.29 is 9.53 Å². The highest BCUT2D eigenvalue weighted by Crippen LogP contribution is 2.30. The molecule has 0 atom stereocenters. The minimum Gasteiger partial charge on any atom is -0.381 e. The van der Waals surface area contributed by atoms with E-state index in [1.165, 1.54) is 4.90 Å². The van der Waals surface area contributed by atoms with Gasteiger partial charge in [-0.3, -0.25) is 4.79 Å². The number of ketones is 1. The Kier molecular flexibility index (Phi) is 4.02. The molecule has 2 rings (SSSR count). The zero-order chi connectivity index (χ0) is 11.4. The number of carbonyl (C=O) groups is 1. The van der Waals surface area contributed by atoms with E-state index >= 15 is 0 Å². The summed E-state index contributed by atoms with van der Waals surface area (Å²) >= 11 is 1.86. The summed E-state index contributed by atoms with van der Waals surface area (Å²) in [6, 6.07) is 7.89. The van der Waals surface area contributed by atoms with Crippen LogP contribution in [0.4, 0.5) is 0 Å². The molecule has 0 saturated carbocycles. The second-order valence-electron chi connectivity index (χ2n) is 4.01. The first kappa shape index (κ1) is 11.7. The van der Waals surface area contributed by atoms with E-state index in [4.69, 9.17) is 4.74 Å². The maximum Gasteiger partial charge on any atom is 0.159 e. The van der Waals surface area contributed by atoms with Crippen LogP contribution < -0.4 is 0 Å². The van der Waals surface area contributed by atoms with Gasteiger partial charge >= 0.3 is 0 Å². The van der Waals surface area contributed by atoms with Crippen molar-refractivity contribution in [1.29, 1.82) is 0 Å². The standard InChI is InChI=1S/C13H16O2S/c1-10(14)11-3-2-4-13(9-11)16-12-5-7-15-8-6-12/h2-4,9,12H,5-8H2,1H3. The first-order valence-electron chi connectivity index (χ1n) is 5.61. The van der Waals surface area contributed by atoms with Gasteiger partial charge in [-0.1, -0.05) is 12.1 Å². The van der Waals surface area contributed by atoms with E-state index in [1.54, 1.807) is 6.92 Å². The van der Waals surface area contributed by atoms with Crippen molar-refractivity contribution in [3.05, 3.63) is 29.8 Å². The Morgan fingerprint density at radius 3 is 2.81 bits per heavy atom. The molecule has 0 N–H and O–H groups in total. The molecule has 2 nitrogen and oxygen atoms in total. The van der Waals surface area contributed by atoms with Gasteiger partial charge < -0.3 is 4.74 Å². The molecule has 0 radical (unpaired) electrons. The highest BCUT2D eigenvalue weighted by atomic mass is 32.2. The predicted octanol–water partition coefficient (Wildman–Crippen LogP) is 3.16. The largest absolute Gasteiger partial charge is 0.381 e. The minimum atomic E-state index is 0.134. The van der Waals surface area contributed by atoms with Crippen molar-refractivity contribution in [1.82, 2.24) is 0 Å². The molecule has 16 heavy (non-hydrogen) atoms. The molecular weight excluding hydrogens is 220 g/mol. The lowest BCUT2D eigenvalue weighted by molar-refractivity contribution is 0.0999. The number of ether oxygens (including phenoxy) is 1. The molecule has 1 saturated heterocycles. The third-order valence-electron chi connectivity index (χ3n) is 2.71. The number of rotatable bonds is 3. The van der Waals surface area contributed by atoms with Gasteiger partial charge in [-0.15, -0.1) is 11.8 Å². The highest BCUT2D eigenvalue weighted by Gasteiger charge is 2.15. The Labute approximate surface area is 100 Å². The van der Waals surface area contributed by atoms with Gasteiger partial charge in [0.05, 0.1) is 0 Å². The van der Waals surface area contributed by atoms with E-state index in [2.05, 4.69) is 6.07 Å². The summed E-state index contributed by atoms with van der Waals surface area (Å²) in [5.41, 5.74) is 0.803. The molecule has 0 aromatic heterocycles. The van der Waals surface area contributed by atoms with Crippen molar-refractivity contribution in [3.8, 4) is 0 Å². The van der Waals surface area contributed by atoms with E-state index in [9.17, 15) is 4.79 Å². The van der Waals surface area contributed by atoms with Crippen LogP contribution in [0.2, 0.25) is 0 Å². The first-order valence-corrected chi connectivity index (χ1v) is 6.49. The zero-order valence-corrected chi connectivity index (χ0v) is 10.3. The summed E-state index contributed by atoms with van der Waals surface area (Å²) in [5, 5.41) is 0.635. The van der Waals surface area contributed by atoms with Gasteiger partial charge in [-0.25, -0.2) is 0 Å². The summed E-state index contributed by atoms with van der Waals surface area (Å²) in [7, 11) is 0. The minimum absolute atomic E-state index is 0.134. The summed E-state index contributed by atoms with van der Waals surface area (Å²) in [4.78, 5) is 12.5. The van der Waals surface area contributed by atoms with E-state index in [1.807, 2.05) is 30.0 Å². The average Bonchev–Trinajstić information content (AvgIpc) is 2.30. The zero-order valence-electron chi connectivity index (χ0n) is 9.44. The molecule has 0 spiro atoms. The van der Waals surface area contributed by atoms with Gasteiger partial charge in [-0.05, 0) is 31.9 Å². The van der Waals surface area contributed by atoms with E-state index in [-0.39, 0.29) is 5.78 Å². The first-order chi connectivity index (χ1) is 7.75. The Morgan fingerprint density at radius 2 is 2.12 bits per heavy atom. The summed E-state index contributed by atoms with van der Waals surface area (Å²) in [5.74, 6) is 0.134. The summed E-state index contributed by atoms with van der Waals surface area (Å²) in [6.07, 6.45) is 2.21. The molecule has 1 fully saturated rings. The highest BCUT2D eigenvalue weighted by molar-refractivity contribution is 8.00. The van der Waals surface area contributed by atoms with Gasteiger partial charge in [0, 0.05) is 28.9 Å². The van der Waals surface area contributed by atoms with Crippen molar-refractivity contribution in [2.45, 2.75) is 29.9 Å². The topological polar surface area (TPSA) is 26.3 Å². The van der Waals surface area contributed by atoms with Gasteiger partial charge in [0.1, 0.15) is 0 Å². The van der Waals surface area contributed by atoms with Crippen LogP contribution in [-0.4, -0.2) is 24.2 Å². The lowest BCUT2D eigenvalue weighted by atomic mass is 10.2. The Morgan fingerprint density at radius 1 is 1.38 bits per heavy atom. The SMILES string of the molecule is CC(=O)c1cccc(SC2CCOCC2)c1. The fourth-order valence-corrected chi connectivity index (χ4v) is 2.94. The molecule has 86 valence electrons. The van der Waals surface area contributed by atoms with Crippen molar-refractivity contribution in [3.63, 3.8) is 0 Å². The molecule has 1 heterocycles. The lowest BCUT2D eigenvalue weighted by Gasteiger charge is -2.21. The van der Waals surface area contributed by atoms with Gasteiger partial charge in [-0.2, -0.15) is 0 Å². The summed E-state index contributed by atoms with van der Waals surface area (Å²) in [6.45, 7) is 3.34. The number of Topliss-reactive ketones (excluding diaryl/α,β-unsaturated/α-hetero) is 1. The fraction of sp³-hybridized carbons (Fsp3) is 0.462.